The van der Waals surface area contributed by atoms with Crippen LogP contribution in [0.4, 0.5) is 0 Å². The molecule has 0 saturated heterocycles. The molecule has 110 valence electrons. The van der Waals surface area contributed by atoms with Crippen molar-refractivity contribution in [3.63, 3.8) is 0 Å². The van der Waals surface area contributed by atoms with Crippen molar-refractivity contribution >= 4 is 0 Å². The molecule has 0 aliphatic heterocycles. The first-order valence-electron chi connectivity index (χ1n) is 8.22. The molecule has 0 fully saturated rings. The van der Waals surface area contributed by atoms with Crippen molar-refractivity contribution in [2.24, 2.45) is 0 Å². The second-order valence-electron chi connectivity index (χ2n) is 6.58. The summed E-state index contributed by atoms with van der Waals surface area (Å²) in [6.45, 7) is 4.39. The Bertz CT molecular complexity index is 471. The van der Waals surface area contributed by atoms with Crippen molar-refractivity contribution in [3.05, 3.63) is 57.6 Å². The largest absolute Gasteiger partial charge is 2.00 e. The fraction of sp³-hybridized carbons (Fsp3) is 0.500. The van der Waals surface area contributed by atoms with Crippen LogP contribution in [0.15, 0.2) is 24.3 Å². The van der Waals surface area contributed by atoms with Gasteiger partial charge in [-0.15, -0.1) is 0 Å². The van der Waals surface area contributed by atoms with Crippen LogP contribution in [0.3, 0.4) is 0 Å². The molecular formula is C20H26Zr. The summed E-state index contributed by atoms with van der Waals surface area (Å²) in [6, 6.07) is 9.37. The average Bonchev–Trinajstić information content (AvgIpc) is 2.99. The normalized spacial score (nSPS) is 16.1. The van der Waals surface area contributed by atoms with Gasteiger partial charge in [0.05, 0.1) is 0 Å². The minimum Gasteiger partial charge on any atom is -0.207 e. The monoisotopic (exact) mass is 356 g/mol. The summed E-state index contributed by atoms with van der Waals surface area (Å²) >= 11 is 0. The molecular weight excluding hydrogens is 331 g/mol. The molecule has 0 N–H and O–H groups in total. The maximum absolute atomic E-state index is 2.34. The smallest absolute Gasteiger partial charge is 0.207 e. The van der Waals surface area contributed by atoms with Crippen molar-refractivity contribution in [1.82, 2.24) is 0 Å². The molecule has 2 aliphatic carbocycles. The van der Waals surface area contributed by atoms with Gasteiger partial charge < -0.3 is 0 Å². The molecule has 1 heteroatoms. The van der Waals surface area contributed by atoms with Crippen LogP contribution in [0.5, 0.6) is 0 Å². The first kappa shape index (κ1) is 16.9. The second-order valence-corrected chi connectivity index (χ2v) is 6.58. The summed E-state index contributed by atoms with van der Waals surface area (Å²) in [4.78, 5) is 0. The molecule has 2 aliphatic rings. The van der Waals surface area contributed by atoms with Crippen LogP contribution in [0.1, 0.15) is 59.1 Å². The zero-order valence-electron chi connectivity index (χ0n) is 13.5. The molecule has 0 amide bonds. The summed E-state index contributed by atoms with van der Waals surface area (Å²) in [5.41, 5.74) is 9.36. The van der Waals surface area contributed by atoms with Crippen LogP contribution in [0.25, 0.3) is 0 Å². The SMILES string of the molecule is Cc1cc2c([cH-]1)CCCC2.Cc1cc2c([cH-]1)CCCC2.[Zr+2]. The van der Waals surface area contributed by atoms with Crippen LogP contribution in [-0.2, 0) is 51.9 Å². The van der Waals surface area contributed by atoms with Gasteiger partial charge in [0.1, 0.15) is 0 Å². The zero-order valence-corrected chi connectivity index (χ0v) is 15.9. The fourth-order valence-corrected chi connectivity index (χ4v) is 3.75. The predicted octanol–water partition coefficient (Wildman–Crippen LogP) is 5.18. The minimum absolute atomic E-state index is 0. The molecule has 0 spiro atoms. The van der Waals surface area contributed by atoms with Gasteiger partial charge in [0, 0.05) is 0 Å². The summed E-state index contributed by atoms with van der Waals surface area (Å²) < 4.78 is 0. The van der Waals surface area contributed by atoms with Crippen molar-refractivity contribution in [2.45, 2.75) is 65.2 Å². The molecule has 0 radical (unpaired) electrons. The first-order valence-corrected chi connectivity index (χ1v) is 8.22. The molecule has 21 heavy (non-hydrogen) atoms. The summed E-state index contributed by atoms with van der Waals surface area (Å²) in [7, 11) is 0. The van der Waals surface area contributed by atoms with Crippen molar-refractivity contribution in [3.8, 4) is 0 Å². The summed E-state index contributed by atoms with van der Waals surface area (Å²) in [6.07, 6.45) is 10.9. The molecule has 0 bridgehead atoms. The molecule has 0 heterocycles. The van der Waals surface area contributed by atoms with Gasteiger partial charge in [-0.2, -0.15) is 45.5 Å². The number of hydrogen-bond donors (Lipinski definition) is 0. The molecule has 0 atom stereocenters. The fourth-order valence-electron chi connectivity index (χ4n) is 3.75. The summed E-state index contributed by atoms with van der Waals surface area (Å²) in [5.74, 6) is 0. The van der Waals surface area contributed by atoms with E-state index >= 15 is 0 Å². The number of hydrogen-bond acceptors (Lipinski definition) is 0. The van der Waals surface area contributed by atoms with E-state index in [4.69, 9.17) is 0 Å². The Hall–Kier alpha value is -0.417. The quantitative estimate of drug-likeness (QED) is 0.570. The van der Waals surface area contributed by atoms with E-state index < -0.39 is 0 Å². The van der Waals surface area contributed by atoms with Crippen molar-refractivity contribution in [1.29, 1.82) is 0 Å². The molecule has 0 aromatic heterocycles. The third-order valence-electron chi connectivity index (χ3n) is 4.72. The van der Waals surface area contributed by atoms with E-state index in [-0.39, 0.29) is 26.2 Å². The Kier molecular flexibility index (Phi) is 6.24. The van der Waals surface area contributed by atoms with Gasteiger partial charge in [0.15, 0.2) is 0 Å². The molecule has 2 aromatic carbocycles. The van der Waals surface area contributed by atoms with E-state index in [1.165, 1.54) is 62.5 Å². The maximum atomic E-state index is 2.34. The van der Waals surface area contributed by atoms with Crippen molar-refractivity contribution < 1.29 is 26.2 Å². The molecule has 0 saturated carbocycles. The molecule has 0 unspecified atom stereocenters. The van der Waals surface area contributed by atoms with E-state index in [0.29, 0.717) is 0 Å². The van der Waals surface area contributed by atoms with Gasteiger partial charge in [-0.1, -0.05) is 65.2 Å². The van der Waals surface area contributed by atoms with Crippen molar-refractivity contribution in [2.75, 3.05) is 0 Å². The first-order chi connectivity index (χ1) is 9.72. The van der Waals surface area contributed by atoms with Gasteiger partial charge in [-0.3, -0.25) is 0 Å². The van der Waals surface area contributed by atoms with Gasteiger partial charge in [0.2, 0.25) is 0 Å². The topological polar surface area (TPSA) is 0 Å². The Morgan fingerprint density at radius 1 is 0.667 bits per heavy atom. The zero-order chi connectivity index (χ0) is 13.9. The van der Waals surface area contributed by atoms with E-state index in [2.05, 4.69) is 38.1 Å². The van der Waals surface area contributed by atoms with Gasteiger partial charge in [0.25, 0.3) is 0 Å². The van der Waals surface area contributed by atoms with E-state index in [0.717, 1.165) is 0 Å². The van der Waals surface area contributed by atoms with E-state index in [9.17, 15) is 0 Å². The number of fused-ring (bicyclic) bond motifs is 2. The van der Waals surface area contributed by atoms with E-state index in [1.54, 1.807) is 22.3 Å². The Balaban J connectivity index is 0.000000147. The second kappa shape index (κ2) is 7.73. The van der Waals surface area contributed by atoms with Gasteiger partial charge in [-0.05, 0) is 0 Å². The summed E-state index contributed by atoms with van der Waals surface area (Å²) in [5, 5.41) is 0. The Labute approximate surface area is 148 Å². The van der Waals surface area contributed by atoms with Crippen LogP contribution in [0, 0.1) is 13.8 Å². The molecule has 2 aromatic rings. The van der Waals surface area contributed by atoms with Crippen LogP contribution >= 0.6 is 0 Å². The van der Waals surface area contributed by atoms with Crippen LogP contribution in [0.2, 0.25) is 0 Å². The minimum atomic E-state index is 0. The third-order valence-corrected chi connectivity index (χ3v) is 4.72. The van der Waals surface area contributed by atoms with Crippen LogP contribution < -0.4 is 0 Å². The Morgan fingerprint density at radius 3 is 1.43 bits per heavy atom. The average molecular weight is 358 g/mol. The Morgan fingerprint density at radius 2 is 1.05 bits per heavy atom. The third kappa shape index (κ3) is 4.29. The van der Waals surface area contributed by atoms with Gasteiger partial charge in [-0.25, -0.2) is 12.1 Å². The van der Waals surface area contributed by atoms with Gasteiger partial charge >= 0.3 is 26.2 Å². The number of aryl methyl sites for hydroxylation is 6. The van der Waals surface area contributed by atoms with E-state index in [1.807, 2.05) is 0 Å². The molecule has 4 rings (SSSR count). The van der Waals surface area contributed by atoms with Crippen LogP contribution in [-0.4, -0.2) is 0 Å². The number of rotatable bonds is 0. The predicted molar refractivity (Wildman–Crippen MR) is 86.8 cm³/mol. The molecule has 0 nitrogen and oxygen atoms in total. The standard InChI is InChI=1S/2C10H13.Zr/c2*1-8-6-9-4-2-3-5-10(9)7-8;/h2*6-7H,2-5H2,1H3;/q2*-1;+2. The maximum Gasteiger partial charge on any atom is 2.00 e.